The van der Waals surface area contributed by atoms with Crippen LogP contribution in [0.2, 0.25) is 0 Å². The summed E-state index contributed by atoms with van der Waals surface area (Å²) >= 11 is 0. The van der Waals surface area contributed by atoms with Gasteiger partial charge in [0.2, 0.25) is 0 Å². The van der Waals surface area contributed by atoms with Crippen molar-refractivity contribution < 1.29 is 13.9 Å². The lowest BCUT2D eigenvalue weighted by atomic mass is 10.1. The Kier molecular flexibility index (Phi) is 9.13. The number of ether oxygens (including phenoxy) is 2. The Labute approximate surface area is 160 Å². The second-order valence-electron chi connectivity index (χ2n) is 5.99. The van der Waals surface area contributed by atoms with Crippen molar-refractivity contribution in [2.75, 3.05) is 33.4 Å². The molecule has 27 heavy (non-hydrogen) atoms. The van der Waals surface area contributed by atoms with E-state index in [0.717, 1.165) is 42.3 Å². The van der Waals surface area contributed by atoms with Crippen LogP contribution in [-0.2, 0) is 17.7 Å². The molecular weight excluding hydrogens is 345 g/mol. The number of benzene rings is 2. The number of nitrogens with zero attached hydrogens (tertiary/aromatic N) is 1. The summed E-state index contributed by atoms with van der Waals surface area (Å²) < 4.78 is 23.6. The van der Waals surface area contributed by atoms with E-state index in [1.54, 1.807) is 19.2 Å². The molecule has 0 saturated carbocycles. The molecule has 0 radical (unpaired) electrons. The number of nitrogens with one attached hydrogen (secondary N) is 2. The molecule has 146 valence electrons. The van der Waals surface area contributed by atoms with Gasteiger partial charge in [0, 0.05) is 20.2 Å². The average Bonchev–Trinajstić information content (AvgIpc) is 2.68. The van der Waals surface area contributed by atoms with E-state index in [1.807, 2.05) is 31.2 Å². The normalized spacial score (nSPS) is 11.3. The van der Waals surface area contributed by atoms with Crippen molar-refractivity contribution in [2.24, 2.45) is 4.99 Å². The summed E-state index contributed by atoms with van der Waals surface area (Å²) in [5, 5.41) is 6.54. The Hall–Kier alpha value is -2.60. The predicted octanol–water partition coefficient (Wildman–Crippen LogP) is 3.15. The van der Waals surface area contributed by atoms with Gasteiger partial charge in [-0.2, -0.15) is 0 Å². The molecule has 6 heteroatoms. The lowest BCUT2D eigenvalue weighted by Gasteiger charge is -2.12. The molecule has 0 atom stereocenters. The second kappa shape index (κ2) is 11.9. The number of rotatable bonds is 10. The zero-order valence-electron chi connectivity index (χ0n) is 16.0. The Morgan fingerprint density at radius 3 is 2.59 bits per heavy atom. The van der Waals surface area contributed by atoms with Gasteiger partial charge in [0.05, 0.1) is 13.2 Å². The van der Waals surface area contributed by atoms with Gasteiger partial charge in [-0.3, -0.25) is 0 Å². The number of hydrogen-bond acceptors (Lipinski definition) is 3. The highest BCUT2D eigenvalue weighted by atomic mass is 19.1. The molecule has 2 N–H and O–H groups in total. The maximum atomic E-state index is 13.0. The maximum Gasteiger partial charge on any atom is 0.191 e. The highest BCUT2D eigenvalue weighted by Gasteiger charge is 2.01. The minimum absolute atomic E-state index is 0.213. The van der Waals surface area contributed by atoms with Crippen LogP contribution in [0.1, 0.15) is 18.1 Å². The summed E-state index contributed by atoms with van der Waals surface area (Å²) in [5.41, 5.74) is 2.15. The van der Waals surface area contributed by atoms with Crippen molar-refractivity contribution in [1.82, 2.24) is 10.6 Å². The van der Waals surface area contributed by atoms with Gasteiger partial charge in [0.15, 0.2) is 5.96 Å². The summed E-state index contributed by atoms with van der Waals surface area (Å²) in [5.74, 6) is 1.36. The smallest absolute Gasteiger partial charge is 0.191 e. The quantitative estimate of drug-likeness (QED) is 0.382. The molecule has 0 saturated heterocycles. The van der Waals surface area contributed by atoms with Crippen LogP contribution >= 0.6 is 0 Å². The van der Waals surface area contributed by atoms with Gasteiger partial charge in [0.25, 0.3) is 0 Å². The fourth-order valence-corrected chi connectivity index (χ4v) is 2.46. The van der Waals surface area contributed by atoms with Crippen molar-refractivity contribution in [3.8, 4) is 5.75 Å². The highest BCUT2D eigenvalue weighted by molar-refractivity contribution is 5.79. The molecule has 0 heterocycles. The minimum atomic E-state index is -0.213. The molecule has 0 aliphatic rings. The molecule has 0 fully saturated rings. The number of aliphatic imine (C=N–C) groups is 1. The van der Waals surface area contributed by atoms with E-state index in [4.69, 9.17) is 9.47 Å². The van der Waals surface area contributed by atoms with E-state index in [0.29, 0.717) is 19.8 Å². The summed E-state index contributed by atoms with van der Waals surface area (Å²) in [6.07, 6.45) is 0.799. The summed E-state index contributed by atoms with van der Waals surface area (Å²) in [7, 11) is 1.65. The zero-order chi connectivity index (χ0) is 19.3. The first-order chi connectivity index (χ1) is 13.2. The molecule has 0 aliphatic carbocycles. The third-order valence-corrected chi connectivity index (χ3v) is 3.84. The first-order valence-electron chi connectivity index (χ1n) is 9.18. The van der Waals surface area contributed by atoms with Crippen LogP contribution in [0, 0.1) is 5.82 Å². The standard InChI is InChI=1S/C21H28FN3O2/c1-3-23-21(24-12-11-17-7-9-19(22)10-8-17)25-16-18-5-4-6-20(15-18)27-14-13-26-2/h4-10,15H,3,11-14,16H2,1-2H3,(H2,23,24,25). The monoisotopic (exact) mass is 373 g/mol. The van der Waals surface area contributed by atoms with Gasteiger partial charge in [0.1, 0.15) is 18.2 Å². The molecule has 2 aromatic carbocycles. The van der Waals surface area contributed by atoms with Gasteiger partial charge >= 0.3 is 0 Å². The summed E-state index contributed by atoms with van der Waals surface area (Å²) in [4.78, 5) is 4.62. The third kappa shape index (κ3) is 8.09. The third-order valence-electron chi connectivity index (χ3n) is 3.84. The second-order valence-corrected chi connectivity index (χ2v) is 5.99. The topological polar surface area (TPSA) is 54.9 Å². The number of guanidine groups is 1. The fourth-order valence-electron chi connectivity index (χ4n) is 2.46. The highest BCUT2D eigenvalue weighted by Crippen LogP contribution is 2.14. The van der Waals surface area contributed by atoms with Gasteiger partial charge in [-0.1, -0.05) is 24.3 Å². The molecule has 0 aliphatic heterocycles. The van der Waals surface area contributed by atoms with Gasteiger partial charge in [-0.25, -0.2) is 9.38 Å². The van der Waals surface area contributed by atoms with Crippen molar-refractivity contribution in [2.45, 2.75) is 19.9 Å². The van der Waals surface area contributed by atoms with Crippen LogP contribution in [0.3, 0.4) is 0 Å². The minimum Gasteiger partial charge on any atom is -0.491 e. The molecular formula is C21H28FN3O2. The average molecular weight is 373 g/mol. The molecule has 0 unspecified atom stereocenters. The number of halogens is 1. The summed E-state index contributed by atoms with van der Waals surface area (Å²) in [6.45, 7) is 5.16. The Morgan fingerprint density at radius 1 is 1.04 bits per heavy atom. The fraction of sp³-hybridized carbons (Fsp3) is 0.381. The van der Waals surface area contributed by atoms with Gasteiger partial charge in [-0.15, -0.1) is 0 Å². The van der Waals surface area contributed by atoms with E-state index in [2.05, 4.69) is 15.6 Å². The molecule has 0 spiro atoms. The van der Waals surface area contributed by atoms with E-state index >= 15 is 0 Å². The Balaban J connectivity index is 1.86. The lowest BCUT2D eigenvalue weighted by molar-refractivity contribution is 0.146. The molecule has 2 rings (SSSR count). The van der Waals surface area contributed by atoms with Crippen LogP contribution in [0.4, 0.5) is 4.39 Å². The first kappa shape index (κ1) is 20.7. The van der Waals surface area contributed by atoms with Gasteiger partial charge in [-0.05, 0) is 48.7 Å². The maximum absolute atomic E-state index is 13.0. The SMILES string of the molecule is CCNC(=NCc1cccc(OCCOC)c1)NCCc1ccc(F)cc1. The largest absolute Gasteiger partial charge is 0.491 e. The number of hydrogen-bond donors (Lipinski definition) is 2. The zero-order valence-corrected chi connectivity index (χ0v) is 16.0. The van der Waals surface area contributed by atoms with E-state index < -0.39 is 0 Å². The van der Waals surface area contributed by atoms with E-state index in [-0.39, 0.29) is 5.82 Å². The Morgan fingerprint density at radius 2 is 1.85 bits per heavy atom. The van der Waals surface area contributed by atoms with E-state index in [1.165, 1.54) is 12.1 Å². The molecule has 0 amide bonds. The van der Waals surface area contributed by atoms with Crippen molar-refractivity contribution >= 4 is 5.96 Å². The van der Waals surface area contributed by atoms with Crippen LogP contribution in [-0.4, -0.2) is 39.4 Å². The predicted molar refractivity (Wildman–Crippen MR) is 107 cm³/mol. The molecule has 5 nitrogen and oxygen atoms in total. The van der Waals surface area contributed by atoms with Crippen LogP contribution in [0.15, 0.2) is 53.5 Å². The molecule has 2 aromatic rings. The van der Waals surface area contributed by atoms with Gasteiger partial charge < -0.3 is 20.1 Å². The Bertz CT molecular complexity index is 705. The number of methoxy groups -OCH3 is 1. The molecule has 0 bridgehead atoms. The van der Waals surface area contributed by atoms with Crippen LogP contribution in [0.5, 0.6) is 5.75 Å². The van der Waals surface area contributed by atoms with Crippen LogP contribution in [0.25, 0.3) is 0 Å². The van der Waals surface area contributed by atoms with Crippen LogP contribution < -0.4 is 15.4 Å². The lowest BCUT2D eigenvalue weighted by Crippen LogP contribution is -2.38. The van der Waals surface area contributed by atoms with Crippen molar-refractivity contribution in [3.05, 3.63) is 65.5 Å². The van der Waals surface area contributed by atoms with E-state index in [9.17, 15) is 4.39 Å². The van der Waals surface area contributed by atoms with Crippen molar-refractivity contribution in [1.29, 1.82) is 0 Å². The van der Waals surface area contributed by atoms with Crippen molar-refractivity contribution in [3.63, 3.8) is 0 Å². The summed E-state index contributed by atoms with van der Waals surface area (Å²) in [6, 6.07) is 14.5. The molecule has 0 aromatic heterocycles. The first-order valence-corrected chi connectivity index (χ1v) is 9.18.